The number of nitrogens with one attached hydrogen (secondary N) is 2. The summed E-state index contributed by atoms with van der Waals surface area (Å²) in [6.45, 7) is 4.53. The molecule has 4 amide bonds. The van der Waals surface area contributed by atoms with Crippen molar-refractivity contribution in [1.29, 1.82) is 0 Å². The third-order valence-corrected chi connectivity index (χ3v) is 4.05. The standard InChI is InChI=1S/C18H23N3O5/c1-4-19-15(22)11(2)20-16(23)12-6-7-13-14(10-12)18(25)21(17(13)24)8-5-9-26-3/h6-7,10-11H,4-5,8-9H2,1-3H3,(H,19,22)(H,20,23)/t11-/m0/s1. The minimum atomic E-state index is -0.710. The fourth-order valence-corrected chi connectivity index (χ4v) is 2.67. The van der Waals surface area contributed by atoms with Crippen LogP contribution in [0.15, 0.2) is 18.2 Å². The number of hydrogen-bond acceptors (Lipinski definition) is 5. The zero-order chi connectivity index (χ0) is 19.3. The summed E-state index contributed by atoms with van der Waals surface area (Å²) in [5.41, 5.74) is 0.700. The smallest absolute Gasteiger partial charge is 0.261 e. The maximum atomic E-state index is 12.5. The SMILES string of the molecule is CCNC(=O)[C@H](C)NC(=O)c1ccc2c(c1)C(=O)N(CCCOC)C2=O. The summed E-state index contributed by atoms with van der Waals surface area (Å²) in [7, 11) is 1.55. The third-order valence-electron chi connectivity index (χ3n) is 4.05. The van der Waals surface area contributed by atoms with E-state index >= 15 is 0 Å². The van der Waals surface area contributed by atoms with Crippen molar-refractivity contribution in [1.82, 2.24) is 15.5 Å². The van der Waals surface area contributed by atoms with Crippen molar-refractivity contribution in [2.24, 2.45) is 0 Å². The molecule has 2 rings (SSSR count). The van der Waals surface area contributed by atoms with Crippen LogP contribution in [0.25, 0.3) is 0 Å². The van der Waals surface area contributed by atoms with E-state index in [1.54, 1.807) is 21.0 Å². The quantitative estimate of drug-likeness (QED) is 0.520. The van der Waals surface area contributed by atoms with E-state index in [9.17, 15) is 19.2 Å². The molecule has 8 heteroatoms. The van der Waals surface area contributed by atoms with E-state index in [1.165, 1.54) is 18.2 Å². The van der Waals surface area contributed by atoms with E-state index < -0.39 is 17.9 Å². The lowest BCUT2D eigenvalue weighted by atomic mass is 10.1. The highest BCUT2D eigenvalue weighted by atomic mass is 16.5. The van der Waals surface area contributed by atoms with Crippen LogP contribution in [0.4, 0.5) is 0 Å². The van der Waals surface area contributed by atoms with Crippen LogP contribution in [0, 0.1) is 0 Å². The monoisotopic (exact) mass is 361 g/mol. The number of nitrogens with zero attached hydrogens (tertiary/aromatic N) is 1. The molecule has 1 aliphatic heterocycles. The Kier molecular flexibility index (Phi) is 6.46. The molecule has 140 valence electrons. The van der Waals surface area contributed by atoms with E-state index in [1.807, 2.05) is 0 Å². The van der Waals surface area contributed by atoms with Crippen LogP contribution >= 0.6 is 0 Å². The Hall–Kier alpha value is -2.74. The molecule has 0 saturated carbocycles. The van der Waals surface area contributed by atoms with E-state index in [0.29, 0.717) is 19.6 Å². The maximum absolute atomic E-state index is 12.5. The lowest BCUT2D eigenvalue weighted by Crippen LogP contribution is -2.44. The molecule has 0 radical (unpaired) electrons. The van der Waals surface area contributed by atoms with Crippen LogP contribution in [0.2, 0.25) is 0 Å². The van der Waals surface area contributed by atoms with Crippen LogP contribution in [0.1, 0.15) is 51.3 Å². The van der Waals surface area contributed by atoms with Crippen LogP contribution in [0.5, 0.6) is 0 Å². The molecule has 1 heterocycles. The van der Waals surface area contributed by atoms with Gasteiger partial charge in [0.15, 0.2) is 0 Å². The highest BCUT2D eigenvalue weighted by Gasteiger charge is 2.35. The zero-order valence-electron chi connectivity index (χ0n) is 15.1. The first-order chi connectivity index (χ1) is 12.4. The highest BCUT2D eigenvalue weighted by Crippen LogP contribution is 2.24. The van der Waals surface area contributed by atoms with Gasteiger partial charge in [-0.25, -0.2) is 0 Å². The molecule has 0 spiro atoms. The Labute approximate surface area is 151 Å². The number of methoxy groups -OCH3 is 1. The highest BCUT2D eigenvalue weighted by molar-refractivity contribution is 6.22. The van der Waals surface area contributed by atoms with E-state index in [2.05, 4.69) is 10.6 Å². The maximum Gasteiger partial charge on any atom is 0.261 e. The van der Waals surface area contributed by atoms with Gasteiger partial charge in [-0.1, -0.05) is 0 Å². The Morgan fingerprint density at radius 3 is 2.54 bits per heavy atom. The number of likely N-dealkylation sites (N-methyl/N-ethyl adjacent to an activating group) is 1. The van der Waals surface area contributed by atoms with Crippen molar-refractivity contribution in [3.05, 3.63) is 34.9 Å². The van der Waals surface area contributed by atoms with Crippen molar-refractivity contribution < 1.29 is 23.9 Å². The number of hydrogen-bond donors (Lipinski definition) is 2. The molecule has 1 aromatic rings. The van der Waals surface area contributed by atoms with Crippen LogP contribution in [0.3, 0.4) is 0 Å². The van der Waals surface area contributed by atoms with Gasteiger partial charge in [-0.15, -0.1) is 0 Å². The van der Waals surface area contributed by atoms with Gasteiger partial charge < -0.3 is 15.4 Å². The van der Waals surface area contributed by atoms with Gasteiger partial charge in [0.25, 0.3) is 17.7 Å². The second-order valence-corrected chi connectivity index (χ2v) is 5.96. The molecular weight excluding hydrogens is 338 g/mol. The number of rotatable bonds is 8. The van der Waals surface area contributed by atoms with Gasteiger partial charge in [0.1, 0.15) is 6.04 Å². The Morgan fingerprint density at radius 1 is 1.19 bits per heavy atom. The summed E-state index contributed by atoms with van der Waals surface area (Å²) in [6.07, 6.45) is 0.541. The van der Waals surface area contributed by atoms with Gasteiger partial charge in [-0.2, -0.15) is 0 Å². The Balaban J connectivity index is 2.12. The lowest BCUT2D eigenvalue weighted by molar-refractivity contribution is -0.122. The number of imide groups is 1. The molecule has 8 nitrogen and oxygen atoms in total. The van der Waals surface area contributed by atoms with E-state index in [0.717, 1.165) is 4.90 Å². The average molecular weight is 361 g/mol. The number of carbonyl (C=O) groups excluding carboxylic acids is 4. The molecule has 0 bridgehead atoms. The van der Waals surface area contributed by atoms with Crippen molar-refractivity contribution in [3.8, 4) is 0 Å². The molecule has 0 aliphatic carbocycles. The molecule has 1 aliphatic rings. The molecular formula is C18H23N3O5. The number of amides is 4. The van der Waals surface area contributed by atoms with E-state index in [4.69, 9.17) is 4.74 Å². The molecule has 0 aromatic heterocycles. The van der Waals surface area contributed by atoms with Crippen LogP contribution in [-0.2, 0) is 9.53 Å². The number of fused-ring (bicyclic) bond motifs is 1. The lowest BCUT2D eigenvalue weighted by Gasteiger charge is -2.13. The van der Waals surface area contributed by atoms with Gasteiger partial charge in [0, 0.05) is 32.4 Å². The minimum absolute atomic E-state index is 0.200. The summed E-state index contributed by atoms with van der Waals surface area (Å²) >= 11 is 0. The molecule has 1 aromatic carbocycles. The first-order valence-electron chi connectivity index (χ1n) is 8.48. The van der Waals surface area contributed by atoms with Gasteiger partial charge in [-0.3, -0.25) is 24.1 Å². The normalized spacial score (nSPS) is 14.2. The molecule has 0 fully saturated rings. The predicted molar refractivity (Wildman–Crippen MR) is 93.9 cm³/mol. The van der Waals surface area contributed by atoms with Crippen LogP contribution in [-0.4, -0.2) is 61.4 Å². The van der Waals surface area contributed by atoms with E-state index in [-0.39, 0.29) is 35.0 Å². The fourth-order valence-electron chi connectivity index (χ4n) is 2.67. The summed E-state index contributed by atoms with van der Waals surface area (Å²) < 4.78 is 4.94. The van der Waals surface area contributed by atoms with Gasteiger partial charge >= 0.3 is 0 Å². The fraction of sp³-hybridized carbons (Fsp3) is 0.444. The molecule has 0 unspecified atom stereocenters. The van der Waals surface area contributed by atoms with Crippen molar-refractivity contribution in [3.63, 3.8) is 0 Å². The van der Waals surface area contributed by atoms with Crippen molar-refractivity contribution in [2.75, 3.05) is 26.8 Å². The van der Waals surface area contributed by atoms with Crippen LogP contribution < -0.4 is 10.6 Å². The molecule has 26 heavy (non-hydrogen) atoms. The zero-order valence-corrected chi connectivity index (χ0v) is 15.1. The summed E-state index contributed by atoms with van der Waals surface area (Å²) in [4.78, 5) is 50.0. The largest absolute Gasteiger partial charge is 0.385 e. The number of benzene rings is 1. The first kappa shape index (κ1) is 19.6. The number of carbonyl (C=O) groups is 4. The first-order valence-corrected chi connectivity index (χ1v) is 8.48. The second-order valence-electron chi connectivity index (χ2n) is 5.96. The van der Waals surface area contributed by atoms with Gasteiger partial charge in [0.2, 0.25) is 5.91 Å². The average Bonchev–Trinajstić information content (AvgIpc) is 2.86. The second kappa shape index (κ2) is 8.57. The van der Waals surface area contributed by atoms with Gasteiger partial charge in [0.05, 0.1) is 11.1 Å². The predicted octanol–water partition coefficient (Wildman–Crippen LogP) is 0.573. The van der Waals surface area contributed by atoms with Crippen molar-refractivity contribution in [2.45, 2.75) is 26.3 Å². The topological polar surface area (TPSA) is 105 Å². The molecule has 0 saturated heterocycles. The molecule has 2 N–H and O–H groups in total. The van der Waals surface area contributed by atoms with Gasteiger partial charge in [-0.05, 0) is 38.5 Å². The third kappa shape index (κ3) is 4.08. The Bertz CT molecular complexity index is 732. The van der Waals surface area contributed by atoms with Crippen molar-refractivity contribution >= 4 is 23.6 Å². The summed E-state index contributed by atoms with van der Waals surface area (Å²) in [5.74, 6) is -1.57. The molecule has 1 atom stereocenters. The minimum Gasteiger partial charge on any atom is -0.385 e. The summed E-state index contributed by atoms with van der Waals surface area (Å²) in [6, 6.07) is 3.63. The Morgan fingerprint density at radius 2 is 1.88 bits per heavy atom. The summed E-state index contributed by atoms with van der Waals surface area (Å²) in [5, 5.41) is 5.19. The number of ether oxygens (including phenoxy) is 1.